The highest BCUT2D eigenvalue weighted by Gasteiger charge is 2.06. The van der Waals surface area contributed by atoms with Crippen molar-refractivity contribution in [2.24, 2.45) is 0 Å². The Morgan fingerprint density at radius 2 is 2.54 bits per heavy atom. The number of urea groups is 1. The van der Waals surface area contributed by atoms with Gasteiger partial charge in [0.1, 0.15) is 5.51 Å². The van der Waals surface area contributed by atoms with E-state index in [-0.39, 0.29) is 12.1 Å². The molecule has 0 aliphatic heterocycles. The lowest BCUT2D eigenvalue weighted by molar-refractivity contribution is 0.249. The third kappa shape index (κ3) is 3.37. The molecule has 0 saturated carbocycles. The molecule has 1 heterocycles. The topological polar surface area (TPSA) is 66.9 Å². The van der Waals surface area contributed by atoms with Crippen LogP contribution in [0.4, 0.5) is 9.93 Å². The molecular formula is C7H12N4OS. The number of aromatic nitrogens is 2. The molecule has 1 atom stereocenters. The molecule has 1 aromatic heterocycles. The van der Waals surface area contributed by atoms with Gasteiger partial charge in [-0.3, -0.25) is 5.32 Å². The molecule has 1 aromatic rings. The molecule has 0 bridgehead atoms. The molecule has 2 N–H and O–H groups in total. The first-order valence-corrected chi connectivity index (χ1v) is 4.94. The van der Waals surface area contributed by atoms with Crippen molar-refractivity contribution in [1.29, 1.82) is 0 Å². The number of nitrogens with zero attached hydrogens (tertiary/aromatic N) is 2. The van der Waals surface area contributed by atoms with Gasteiger partial charge in [0.15, 0.2) is 0 Å². The van der Waals surface area contributed by atoms with Gasteiger partial charge in [-0.1, -0.05) is 18.3 Å². The Morgan fingerprint density at radius 1 is 1.77 bits per heavy atom. The summed E-state index contributed by atoms with van der Waals surface area (Å²) >= 11 is 1.29. The number of hydrogen-bond acceptors (Lipinski definition) is 4. The smallest absolute Gasteiger partial charge is 0.321 e. The maximum Gasteiger partial charge on any atom is 0.321 e. The molecule has 5 nitrogen and oxygen atoms in total. The van der Waals surface area contributed by atoms with Crippen LogP contribution in [-0.2, 0) is 0 Å². The van der Waals surface area contributed by atoms with Gasteiger partial charge >= 0.3 is 6.03 Å². The summed E-state index contributed by atoms with van der Waals surface area (Å²) in [6.07, 6.45) is 0.906. The zero-order chi connectivity index (χ0) is 9.68. The van der Waals surface area contributed by atoms with E-state index in [1.807, 2.05) is 13.8 Å². The Kier molecular flexibility index (Phi) is 3.63. The van der Waals surface area contributed by atoms with E-state index >= 15 is 0 Å². The summed E-state index contributed by atoms with van der Waals surface area (Å²) in [5.41, 5.74) is 1.57. The van der Waals surface area contributed by atoms with E-state index in [2.05, 4.69) is 20.8 Å². The second kappa shape index (κ2) is 4.76. The largest absolute Gasteiger partial charge is 0.335 e. The van der Waals surface area contributed by atoms with Crippen molar-refractivity contribution in [1.82, 2.24) is 15.5 Å². The predicted octanol–water partition coefficient (Wildman–Crippen LogP) is 1.46. The highest BCUT2D eigenvalue weighted by Crippen LogP contribution is 2.07. The Morgan fingerprint density at radius 3 is 3.08 bits per heavy atom. The molecule has 0 radical (unpaired) electrons. The van der Waals surface area contributed by atoms with Gasteiger partial charge < -0.3 is 5.32 Å². The van der Waals surface area contributed by atoms with Crippen LogP contribution >= 0.6 is 11.3 Å². The molecule has 0 unspecified atom stereocenters. The number of rotatable bonds is 3. The van der Waals surface area contributed by atoms with Crippen LogP contribution < -0.4 is 10.6 Å². The Labute approximate surface area is 80.6 Å². The number of carbonyl (C=O) groups is 1. The Bertz CT molecular complexity index is 261. The zero-order valence-corrected chi connectivity index (χ0v) is 8.39. The van der Waals surface area contributed by atoms with Crippen LogP contribution in [-0.4, -0.2) is 22.3 Å². The third-order valence-electron chi connectivity index (χ3n) is 1.57. The van der Waals surface area contributed by atoms with Crippen LogP contribution in [0.15, 0.2) is 5.51 Å². The first-order chi connectivity index (χ1) is 6.22. The molecule has 72 valence electrons. The second-order valence-corrected chi connectivity index (χ2v) is 3.48. The summed E-state index contributed by atoms with van der Waals surface area (Å²) in [7, 11) is 0. The molecule has 0 aromatic carbocycles. The average molecular weight is 200 g/mol. The molecular weight excluding hydrogens is 188 g/mol. The number of nitrogens with one attached hydrogen (secondary N) is 2. The van der Waals surface area contributed by atoms with Crippen LogP contribution in [0.1, 0.15) is 20.3 Å². The number of amides is 2. The fourth-order valence-corrected chi connectivity index (χ4v) is 1.13. The summed E-state index contributed by atoms with van der Waals surface area (Å²) in [5.74, 6) is 0. The Balaban J connectivity index is 2.34. The maximum atomic E-state index is 11.2. The van der Waals surface area contributed by atoms with Crippen LogP contribution in [0.2, 0.25) is 0 Å². The summed E-state index contributed by atoms with van der Waals surface area (Å²) in [5, 5.41) is 13.1. The van der Waals surface area contributed by atoms with Crippen molar-refractivity contribution < 1.29 is 4.79 Å². The normalized spacial score (nSPS) is 12.2. The summed E-state index contributed by atoms with van der Waals surface area (Å²) in [6.45, 7) is 3.95. The van der Waals surface area contributed by atoms with Crippen molar-refractivity contribution in [3.63, 3.8) is 0 Å². The van der Waals surface area contributed by atoms with Crippen molar-refractivity contribution in [2.45, 2.75) is 26.3 Å². The quantitative estimate of drug-likeness (QED) is 0.776. The zero-order valence-electron chi connectivity index (χ0n) is 7.57. The van der Waals surface area contributed by atoms with E-state index in [1.54, 1.807) is 5.51 Å². The highest BCUT2D eigenvalue weighted by molar-refractivity contribution is 7.13. The van der Waals surface area contributed by atoms with E-state index in [0.717, 1.165) is 6.42 Å². The molecule has 0 aliphatic rings. The van der Waals surface area contributed by atoms with Crippen molar-refractivity contribution in [3.8, 4) is 0 Å². The predicted molar refractivity (Wildman–Crippen MR) is 51.8 cm³/mol. The fraction of sp³-hybridized carbons (Fsp3) is 0.571. The highest BCUT2D eigenvalue weighted by atomic mass is 32.1. The van der Waals surface area contributed by atoms with Gasteiger partial charge in [0, 0.05) is 6.04 Å². The summed E-state index contributed by atoms with van der Waals surface area (Å²) in [6, 6.07) is -0.0565. The van der Waals surface area contributed by atoms with Gasteiger partial charge in [0.2, 0.25) is 5.13 Å². The second-order valence-electron chi connectivity index (χ2n) is 2.65. The maximum absolute atomic E-state index is 11.2. The number of hydrogen-bond donors (Lipinski definition) is 2. The standard InChI is InChI=1S/C7H12N4OS/c1-3-5(2)9-6(12)10-7-11-8-4-13-7/h4-5H,3H2,1-2H3,(H2,9,10,11,12)/t5-/m1/s1. The Hall–Kier alpha value is -1.17. The lowest BCUT2D eigenvalue weighted by Gasteiger charge is -2.10. The summed E-state index contributed by atoms with van der Waals surface area (Å²) in [4.78, 5) is 11.2. The lowest BCUT2D eigenvalue weighted by Crippen LogP contribution is -2.35. The van der Waals surface area contributed by atoms with Gasteiger partial charge in [-0.05, 0) is 13.3 Å². The molecule has 2 amide bonds. The minimum Gasteiger partial charge on any atom is -0.335 e. The first-order valence-electron chi connectivity index (χ1n) is 4.06. The number of anilines is 1. The van der Waals surface area contributed by atoms with E-state index in [9.17, 15) is 4.79 Å². The monoisotopic (exact) mass is 200 g/mol. The van der Waals surface area contributed by atoms with Crippen LogP contribution in [0, 0.1) is 0 Å². The number of carbonyl (C=O) groups excluding carboxylic acids is 1. The van der Waals surface area contributed by atoms with Gasteiger partial charge in [-0.25, -0.2) is 4.79 Å². The van der Waals surface area contributed by atoms with Gasteiger partial charge in [0.05, 0.1) is 0 Å². The molecule has 0 aliphatic carbocycles. The summed E-state index contributed by atoms with van der Waals surface area (Å²) < 4.78 is 0. The molecule has 0 fully saturated rings. The fourth-order valence-electron chi connectivity index (χ4n) is 0.687. The van der Waals surface area contributed by atoms with E-state index in [0.29, 0.717) is 5.13 Å². The van der Waals surface area contributed by atoms with Crippen LogP contribution in [0.25, 0.3) is 0 Å². The third-order valence-corrected chi connectivity index (χ3v) is 2.18. The van der Waals surface area contributed by atoms with Crippen LogP contribution in [0.5, 0.6) is 0 Å². The van der Waals surface area contributed by atoms with E-state index in [4.69, 9.17) is 0 Å². The lowest BCUT2D eigenvalue weighted by atomic mass is 10.3. The first kappa shape index (κ1) is 9.91. The van der Waals surface area contributed by atoms with E-state index < -0.39 is 0 Å². The molecule has 13 heavy (non-hydrogen) atoms. The minimum atomic E-state index is -0.230. The van der Waals surface area contributed by atoms with Gasteiger partial charge in [0.25, 0.3) is 0 Å². The molecule has 6 heteroatoms. The SMILES string of the molecule is CC[C@@H](C)NC(=O)Nc1nncs1. The van der Waals surface area contributed by atoms with Gasteiger partial charge in [-0.2, -0.15) is 0 Å². The van der Waals surface area contributed by atoms with E-state index in [1.165, 1.54) is 11.3 Å². The van der Waals surface area contributed by atoms with Crippen molar-refractivity contribution in [2.75, 3.05) is 5.32 Å². The average Bonchev–Trinajstić information content (AvgIpc) is 2.56. The molecule has 0 saturated heterocycles. The van der Waals surface area contributed by atoms with Crippen LogP contribution in [0.3, 0.4) is 0 Å². The van der Waals surface area contributed by atoms with Crippen molar-refractivity contribution in [3.05, 3.63) is 5.51 Å². The van der Waals surface area contributed by atoms with Crippen molar-refractivity contribution >= 4 is 22.5 Å². The minimum absolute atomic E-state index is 0.174. The molecule has 1 rings (SSSR count). The molecule has 0 spiro atoms. The van der Waals surface area contributed by atoms with Gasteiger partial charge in [-0.15, -0.1) is 10.2 Å².